The average molecular weight is 385 g/mol. The van der Waals surface area contributed by atoms with Gasteiger partial charge in [-0.3, -0.25) is 0 Å². The molecule has 3 atom stereocenters. The van der Waals surface area contributed by atoms with E-state index >= 15 is 0 Å². The van der Waals surface area contributed by atoms with E-state index in [4.69, 9.17) is 0 Å². The monoisotopic (exact) mass is 384 g/mol. The molecule has 0 amide bonds. The lowest BCUT2D eigenvalue weighted by Crippen LogP contribution is -2.15. The molecule has 0 bridgehead atoms. The van der Waals surface area contributed by atoms with Crippen LogP contribution in [0.1, 0.15) is 59.3 Å². The van der Waals surface area contributed by atoms with Gasteiger partial charge in [-0.05, 0) is 59.3 Å². The Morgan fingerprint density at radius 2 is 0.852 bits per heavy atom. The van der Waals surface area contributed by atoms with Gasteiger partial charge in [-0.25, -0.2) is 0 Å². The Hall–Kier alpha value is -1.71. The molecule has 0 aliphatic rings. The second-order valence-electron chi connectivity index (χ2n) is 7.06. The summed E-state index contributed by atoms with van der Waals surface area (Å²) >= 11 is 0. The molecule has 27 heavy (non-hydrogen) atoms. The van der Waals surface area contributed by atoms with Crippen LogP contribution >= 0.6 is 0 Å². The molecule has 0 aliphatic heterocycles. The van der Waals surface area contributed by atoms with Crippen molar-refractivity contribution in [3.63, 3.8) is 0 Å². The Bertz CT molecular complexity index is 430. The van der Waals surface area contributed by atoms with Crippen molar-refractivity contribution in [2.45, 2.75) is 77.6 Å². The lowest BCUT2D eigenvalue weighted by atomic mass is 10.2. The standard InChI is InChI=1S/C18H36N6O3/c1-13(25)7-4-10-19-16-22-17(20-11-5-8-14(2)26)24-18(23-16)21-12-6-9-15(3)27/h13-15,25-27H,4-12H2,1-3H3,(H3,19,20,21,22,23,24). The Morgan fingerprint density at radius 1 is 0.593 bits per heavy atom. The highest BCUT2D eigenvalue weighted by Gasteiger charge is 2.07. The summed E-state index contributed by atoms with van der Waals surface area (Å²) < 4.78 is 0. The molecule has 1 aromatic rings. The minimum Gasteiger partial charge on any atom is -0.393 e. The quantitative estimate of drug-likeness (QED) is 0.249. The van der Waals surface area contributed by atoms with Crippen molar-refractivity contribution in [3.8, 4) is 0 Å². The van der Waals surface area contributed by atoms with Crippen LogP contribution in [0.2, 0.25) is 0 Å². The topological polar surface area (TPSA) is 135 Å². The molecular weight excluding hydrogens is 348 g/mol. The number of rotatable bonds is 15. The fraction of sp³-hybridized carbons (Fsp3) is 0.833. The first-order valence-electron chi connectivity index (χ1n) is 9.88. The Kier molecular flexibility index (Phi) is 11.6. The maximum absolute atomic E-state index is 9.33. The van der Waals surface area contributed by atoms with E-state index < -0.39 is 0 Å². The highest BCUT2D eigenvalue weighted by atomic mass is 16.3. The van der Waals surface area contributed by atoms with Crippen LogP contribution in [0, 0.1) is 0 Å². The molecule has 0 spiro atoms. The van der Waals surface area contributed by atoms with Crippen LogP contribution < -0.4 is 16.0 Å². The molecule has 9 heteroatoms. The van der Waals surface area contributed by atoms with Crippen molar-refractivity contribution >= 4 is 17.8 Å². The third-order valence-electron chi connectivity index (χ3n) is 3.88. The third-order valence-corrected chi connectivity index (χ3v) is 3.88. The zero-order valence-corrected chi connectivity index (χ0v) is 16.8. The highest BCUT2D eigenvalue weighted by molar-refractivity contribution is 5.42. The van der Waals surface area contributed by atoms with Crippen LogP contribution in [0.25, 0.3) is 0 Å². The Labute approximate surface area is 162 Å². The second kappa shape index (κ2) is 13.5. The van der Waals surface area contributed by atoms with E-state index in [1.807, 2.05) is 0 Å². The predicted octanol–water partition coefficient (Wildman–Crippen LogP) is 1.59. The van der Waals surface area contributed by atoms with Crippen molar-refractivity contribution in [3.05, 3.63) is 0 Å². The molecular formula is C18H36N6O3. The molecule has 0 aromatic carbocycles. The molecule has 1 heterocycles. The SMILES string of the molecule is CC(O)CCCNc1nc(NCCCC(C)O)nc(NCCCC(C)O)n1. The Morgan fingerprint density at radius 3 is 1.07 bits per heavy atom. The molecule has 0 saturated carbocycles. The summed E-state index contributed by atoms with van der Waals surface area (Å²) in [6.07, 6.45) is 3.65. The number of anilines is 3. The van der Waals surface area contributed by atoms with E-state index in [9.17, 15) is 15.3 Å². The number of aliphatic hydroxyl groups excluding tert-OH is 3. The molecule has 3 unspecified atom stereocenters. The van der Waals surface area contributed by atoms with Gasteiger partial charge in [-0.1, -0.05) is 0 Å². The largest absolute Gasteiger partial charge is 0.393 e. The van der Waals surface area contributed by atoms with E-state index in [0.717, 1.165) is 19.3 Å². The van der Waals surface area contributed by atoms with Crippen LogP contribution in [0.15, 0.2) is 0 Å². The number of aromatic nitrogens is 3. The summed E-state index contributed by atoms with van der Waals surface area (Å²) in [5.41, 5.74) is 0. The third kappa shape index (κ3) is 12.3. The molecule has 0 fully saturated rings. The van der Waals surface area contributed by atoms with E-state index in [-0.39, 0.29) is 18.3 Å². The summed E-state index contributed by atoms with van der Waals surface area (Å²) in [7, 11) is 0. The van der Waals surface area contributed by atoms with Crippen LogP contribution in [0.3, 0.4) is 0 Å². The molecule has 0 aliphatic carbocycles. The van der Waals surface area contributed by atoms with Gasteiger partial charge in [0.1, 0.15) is 0 Å². The van der Waals surface area contributed by atoms with Gasteiger partial charge in [0, 0.05) is 19.6 Å². The molecule has 0 radical (unpaired) electrons. The summed E-state index contributed by atoms with van der Waals surface area (Å²) in [4.78, 5) is 13.1. The van der Waals surface area contributed by atoms with Crippen molar-refractivity contribution < 1.29 is 15.3 Å². The zero-order chi connectivity index (χ0) is 20.1. The maximum Gasteiger partial charge on any atom is 0.229 e. The average Bonchev–Trinajstić information content (AvgIpc) is 2.59. The number of hydrogen-bond donors (Lipinski definition) is 6. The summed E-state index contributed by atoms with van der Waals surface area (Å²) in [5, 5.41) is 37.5. The molecule has 1 rings (SSSR count). The van der Waals surface area contributed by atoms with Crippen LogP contribution in [0.4, 0.5) is 17.8 Å². The van der Waals surface area contributed by atoms with Gasteiger partial charge in [0.25, 0.3) is 0 Å². The predicted molar refractivity (Wildman–Crippen MR) is 108 cm³/mol. The van der Waals surface area contributed by atoms with Gasteiger partial charge in [0.2, 0.25) is 17.8 Å². The van der Waals surface area contributed by atoms with Crippen molar-refractivity contribution in [2.75, 3.05) is 35.6 Å². The van der Waals surface area contributed by atoms with E-state index in [1.165, 1.54) is 0 Å². The van der Waals surface area contributed by atoms with Crippen LogP contribution in [-0.2, 0) is 0 Å². The normalized spacial score (nSPS) is 14.4. The minimum absolute atomic E-state index is 0.317. The number of hydrogen-bond acceptors (Lipinski definition) is 9. The van der Waals surface area contributed by atoms with Gasteiger partial charge < -0.3 is 31.3 Å². The fourth-order valence-electron chi connectivity index (χ4n) is 2.41. The second-order valence-corrected chi connectivity index (χ2v) is 7.06. The van der Waals surface area contributed by atoms with Crippen LogP contribution in [0.5, 0.6) is 0 Å². The first-order valence-corrected chi connectivity index (χ1v) is 9.88. The first-order chi connectivity index (χ1) is 12.9. The number of nitrogens with zero attached hydrogens (tertiary/aromatic N) is 3. The Balaban J connectivity index is 2.60. The summed E-state index contributed by atoms with van der Waals surface area (Å²) in [5.74, 6) is 1.44. The molecule has 156 valence electrons. The first kappa shape index (κ1) is 23.3. The lowest BCUT2D eigenvalue weighted by molar-refractivity contribution is 0.182. The van der Waals surface area contributed by atoms with Gasteiger partial charge in [-0.15, -0.1) is 0 Å². The smallest absolute Gasteiger partial charge is 0.229 e. The summed E-state index contributed by atoms with van der Waals surface area (Å²) in [6.45, 7) is 7.31. The zero-order valence-electron chi connectivity index (χ0n) is 16.8. The molecule has 0 saturated heterocycles. The van der Waals surface area contributed by atoms with E-state index in [1.54, 1.807) is 20.8 Å². The highest BCUT2D eigenvalue weighted by Crippen LogP contribution is 2.11. The van der Waals surface area contributed by atoms with Gasteiger partial charge in [0.15, 0.2) is 0 Å². The van der Waals surface area contributed by atoms with E-state index in [0.29, 0.717) is 56.7 Å². The number of aliphatic hydroxyl groups is 3. The lowest BCUT2D eigenvalue weighted by Gasteiger charge is -2.12. The maximum atomic E-state index is 9.33. The van der Waals surface area contributed by atoms with Gasteiger partial charge >= 0.3 is 0 Å². The van der Waals surface area contributed by atoms with E-state index in [2.05, 4.69) is 30.9 Å². The minimum atomic E-state index is -0.317. The van der Waals surface area contributed by atoms with Crippen LogP contribution in [-0.4, -0.2) is 68.2 Å². The van der Waals surface area contributed by atoms with Crippen molar-refractivity contribution in [2.24, 2.45) is 0 Å². The fourth-order valence-corrected chi connectivity index (χ4v) is 2.41. The van der Waals surface area contributed by atoms with Gasteiger partial charge in [0.05, 0.1) is 18.3 Å². The number of nitrogens with one attached hydrogen (secondary N) is 3. The molecule has 6 N–H and O–H groups in total. The van der Waals surface area contributed by atoms with Crippen molar-refractivity contribution in [1.82, 2.24) is 15.0 Å². The molecule has 9 nitrogen and oxygen atoms in total. The molecule has 1 aromatic heterocycles. The van der Waals surface area contributed by atoms with Crippen molar-refractivity contribution in [1.29, 1.82) is 0 Å². The van der Waals surface area contributed by atoms with Gasteiger partial charge in [-0.2, -0.15) is 15.0 Å². The summed E-state index contributed by atoms with van der Waals surface area (Å²) in [6, 6.07) is 0.